The van der Waals surface area contributed by atoms with E-state index in [1.54, 1.807) is 37.3 Å². The number of ether oxygens (including phenoxy) is 3. The van der Waals surface area contributed by atoms with Crippen LogP contribution in [0.15, 0.2) is 63.8 Å². The average Bonchev–Trinajstić information content (AvgIpc) is 3.12. The van der Waals surface area contributed by atoms with Crippen molar-refractivity contribution >= 4 is 17.6 Å². The summed E-state index contributed by atoms with van der Waals surface area (Å²) in [5.74, 6) is -0.0544. The van der Waals surface area contributed by atoms with Crippen molar-refractivity contribution in [3.63, 3.8) is 0 Å². The first-order valence-corrected chi connectivity index (χ1v) is 9.71. The number of fused-ring (bicyclic) bond motifs is 1. The highest BCUT2D eigenvalue weighted by Crippen LogP contribution is 2.44. The summed E-state index contributed by atoms with van der Waals surface area (Å²) in [6.07, 6.45) is -1.02. The van der Waals surface area contributed by atoms with Crippen molar-refractivity contribution in [1.29, 1.82) is 0 Å². The number of carbonyl (C=O) groups is 1. The Labute approximate surface area is 178 Å². The van der Waals surface area contributed by atoms with Gasteiger partial charge < -0.3 is 18.6 Å². The Morgan fingerprint density at radius 2 is 1.87 bits per heavy atom. The first kappa shape index (κ1) is 20.0. The summed E-state index contributed by atoms with van der Waals surface area (Å²) in [5, 5.41) is 0.641. The molecule has 0 saturated carbocycles. The highest BCUT2D eigenvalue weighted by atomic mass is 35.5. The van der Waals surface area contributed by atoms with E-state index in [9.17, 15) is 9.59 Å². The van der Waals surface area contributed by atoms with Gasteiger partial charge in [0.15, 0.2) is 0 Å². The molecule has 154 valence electrons. The standard InChI is InChI=1S/C23H19ClO6/c1-13-11-18-20(22(25)29-13)19(21(30-18)23(26)27-2)16-5-3-4-6-17(16)28-12-14-7-9-15(24)10-8-14/h3-11,19,21H,12H2,1-2H3. The minimum Gasteiger partial charge on any atom is -0.489 e. The molecule has 0 fully saturated rings. The van der Waals surface area contributed by atoms with Crippen LogP contribution < -0.4 is 15.1 Å². The van der Waals surface area contributed by atoms with Crippen molar-refractivity contribution in [2.75, 3.05) is 7.11 Å². The largest absolute Gasteiger partial charge is 0.489 e. The van der Waals surface area contributed by atoms with Crippen LogP contribution in [0, 0.1) is 6.92 Å². The molecule has 1 aromatic heterocycles. The molecule has 6 nitrogen and oxygen atoms in total. The fraction of sp³-hybridized carbons (Fsp3) is 0.217. The maximum atomic E-state index is 12.6. The summed E-state index contributed by atoms with van der Waals surface area (Å²) >= 11 is 5.94. The van der Waals surface area contributed by atoms with Crippen LogP contribution in [0.1, 0.15) is 28.4 Å². The lowest BCUT2D eigenvalue weighted by Crippen LogP contribution is -2.32. The average molecular weight is 427 g/mol. The molecule has 0 spiro atoms. The number of benzene rings is 2. The van der Waals surface area contributed by atoms with Gasteiger partial charge in [-0.05, 0) is 30.7 Å². The van der Waals surface area contributed by atoms with Crippen LogP contribution in [-0.2, 0) is 16.1 Å². The molecule has 7 heteroatoms. The van der Waals surface area contributed by atoms with E-state index in [4.69, 9.17) is 30.2 Å². The molecule has 0 N–H and O–H groups in total. The number of para-hydroxylation sites is 1. The van der Waals surface area contributed by atoms with Gasteiger partial charge in [-0.3, -0.25) is 0 Å². The van der Waals surface area contributed by atoms with Gasteiger partial charge in [-0.2, -0.15) is 0 Å². The second-order valence-corrected chi connectivity index (χ2v) is 7.35. The third-order valence-corrected chi connectivity index (χ3v) is 5.19. The second kappa shape index (κ2) is 8.24. The van der Waals surface area contributed by atoms with E-state index in [1.165, 1.54) is 7.11 Å². The molecule has 1 aliphatic rings. The van der Waals surface area contributed by atoms with Crippen molar-refractivity contribution in [2.45, 2.75) is 25.6 Å². The van der Waals surface area contributed by atoms with E-state index in [0.717, 1.165) is 5.56 Å². The van der Waals surface area contributed by atoms with Crippen molar-refractivity contribution in [3.8, 4) is 11.5 Å². The summed E-state index contributed by atoms with van der Waals surface area (Å²) in [6, 6.07) is 16.1. The fourth-order valence-electron chi connectivity index (χ4n) is 3.56. The highest BCUT2D eigenvalue weighted by Gasteiger charge is 2.45. The van der Waals surface area contributed by atoms with Gasteiger partial charge in [0.1, 0.15) is 23.9 Å². The molecule has 0 bridgehead atoms. The normalized spacial score (nSPS) is 17.2. The molecule has 2 aromatic carbocycles. The number of rotatable bonds is 5. The number of hydrogen-bond acceptors (Lipinski definition) is 6. The first-order valence-electron chi connectivity index (χ1n) is 9.33. The number of carbonyl (C=O) groups excluding carboxylic acids is 1. The SMILES string of the molecule is COC(=O)C1Oc2cc(C)oc(=O)c2C1c1ccccc1OCc1ccc(Cl)cc1. The zero-order valence-electron chi connectivity index (χ0n) is 16.4. The Bertz CT molecular complexity index is 1140. The first-order chi connectivity index (χ1) is 14.5. The van der Waals surface area contributed by atoms with Gasteiger partial charge in [-0.15, -0.1) is 0 Å². The van der Waals surface area contributed by atoms with E-state index in [-0.39, 0.29) is 5.56 Å². The molecule has 0 aliphatic carbocycles. The highest BCUT2D eigenvalue weighted by molar-refractivity contribution is 6.30. The predicted molar refractivity (Wildman–Crippen MR) is 110 cm³/mol. The van der Waals surface area contributed by atoms with Crippen LogP contribution in [0.5, 0.6) is 11.5 Å². The minimum absolute atomic E-state index is 0.276. The van der Waals surface area contributed by atoms with Crippen LogP contribution in [0.3, 0.4) is 0 Å². The predicted octanol–water partition coefficient (Wildman–Crippen LogP) is 4.25. The van der Waals surface area contributed by atoms with Crippen molar-refractivity contribution in [2.24, 2.45) is 0 Å². The molecule has 4 rings (SSSR count). The van der Waals surface area contributed by atoms with E-state index in [0.29, 0.717) is 34.5 Å². The van der Waals surface area contributed by atoms with Crippen LogP contribution >= 0.6 is 11.6 Å². The lowest BCUT2D eigenvalue weighted by atomic mass is 9.88. The van der Waals surface area contributed by atoms with Crippen molar-refractivity contribution in [1.82, 2.24) is 0 Å². The molecule has 0 saturated heterocycles. The summed E-state index contributed by atoms with van der Waals surface area (Å²) in [6.45, 7) is 1.94. The smallest absolute Gasteiger partial charge is 0.348 e. The number of hydrogen-bond donors (Lipinski definition) is 0. The zero-order chi connectivity index (χ0) is 21.3. The van der Waals surface area contributed by atoms with E-state index in [1.807, 2.05) is 24.3 Å². The Morgan fingerprint density at radius 1 is 1.13 bits per heavy atom. The number of aryl methyl sites for hydroxylation is 1. The van der Waals surface area contributed by atoms with Gasteiger partial charge in [-0.25, -0.2) is 9.59 Å². The number of halogens is 1. The van der Waals surface area contributed by atoms with Crippen molar-refractivity contribution in [3.05, 3.63) is 92.5 Å². The molecular weight excluding hydrogens is 408 g/mol. The second-order valence-electron chi connectivity index (χ2n) is 6.91. The monoisotopic (exact) mass is 426 g/mol. The van der Waals surface area contributed by atoms with Gasteiger partial charge in [0.25, 0.3) is 0 Å². The van der Waals surface area contributed by atoms with Gasteiger partial charge in [0.05, 0.1) is 18.6 Å². The molecule has 2 atom stereocenters. The quantitative estimate of drug-likeness (QED) is 0.568. The Morgan fingerprint density at radius 3 is 2.60 bits per heavy atom. The maximum absolute atomic E-state index is 12.6. The lowest BCUT2D eigenvalue weighted by molar-refractivity contribution is -0.148. The topological polar surface area (TPSA) is 75.0 Å². The van der Waals surface area contributed by atoms with Crippen LogP contribution in [0.2, 0.25) is 5.02 Å². The summed E-state index contributed by atoms with van der Waals surface area (Å²) in [7, 11) is 1.28. The maximum Gasteiger partial charge on any atom is 0.348 e. The van der Waals surface area contributed by atoms with Gasteiger partial charge >= 0.3 is 11.6 Å². The number of esters is 1. The summed E-state index contributed by atoms with van der Waals surface area (Å²) < 4.78 is 22.0. The van der Waals surface area contributed by atoms with E-state index in [2.05, 4.69) is 0 Å². The van der Waals surface area contributed by atoms with Crippen LogP contribution in [-0.4, -0.2) is 19.2 Å². The van der Waals surface area contributed by atoms with Gasteiger partial charge in [-0.1, -0.05) is 41.9 Å². The summed E-state index contributed by atoms with van der Waals surface area (Å²) in [5.41, 5.74) is 1.29. The Hall–Kier alpha value is -3.25. The van der Waals surface area contributed by atoms with E-state index < -0.39 is 23.6 Å². The molecule has 2 unspecified atom stereocenters. The summed E-state index contributed by atoms with van der Waals surface area (Å²) in [4.78, 5) is 25.1. The molecule has 1 aliphatic heterocycles. The van der Waals surface area contributed by atoms with Crippen molar-refractivity contribution < 1.29 is 23.4 Å². The van der Waals surface area contributed by atoms with Crippen LogP contribution in [0.25, 0.3) is 0 Å². The fourth-order valence-corrected chi connectivity index (χ4v) is 3.68. The van der Waals surface area contributed by atoms with Gasteiger partial charge in [0.2, 0.25) is 6.10 Å². The van der Waals surface area contributed by atoms with Crippen LogP contribution in [0.4, 0.5) is 0 Å². The molecular formula is C23H19ClO6. The minimum atomic E-state index is -1.02. The lowest BCUT2D eigenvalue weighted by Gasteiger charge is -2.20. The molecule has 2 heterocycles. The van der Waals surface area contributed by atoms with E-state index >= 15 is 0 Å². The molecule has 0 amide bonds. The Balaban J connectivity index is 1.74. The Kier molecular flexibility index (Phi) is 5.50. The molecule has 0 radical (unpaired) electrons. The zero-order valence-corrected chi connectivity index (χ0v) is 17.1. The molecule has 3 aromatic rings. The van der Waals surface area contributed by atoms with Gasteiger partial charge in [0, 0.05) is 16.7 Å². The third kappa shape index (κ3) is 3.78. The third-order valence-electron chi connectivity index (χ3n) is 4.94. The number of methoxy groups -OCH3 is 1. The molecule has 30 heavy (non-hydrogen) atoms.